The van der Waals surface area contributed by atoms with Crippen molar-refractivity contribution in [3.05, 3.63) is 117 Å². The molecule has 0 spiro atoms. The van der Waals surface area contributed by atoms with Crippen LogP contribution >= 0.6 is 0 Å². The second kappa shape index (κ2) is 32.8. The summed E-state index contributed by atoms with van der Waals surface area (Å²) in [6, 6.07) is 30.9. The number of rotatable bonds is 40. The molecule has 87 heavy (non-hydrogen) atoms. The fourth-order valence-electron chi connectivity index (χ4n) is 15.1. The zero-order valence-corrected chi connectivity index (χ0v) is 60.5. The average molecular weight is 1190 g/mol. The molecule has 2 aliphatic rings. The van der Waals surface area contributed by atoms with Crippen molar-refractivity contribution in [3.63, 3.8) is 0 Å². The molecule has 0 amide bonds. The highest BCUT2D eigenvalue weighted by atomic mass is 15.1. The van der Waals surface area contributed by atoms with Crippen molar-refractivity contribution in [1.82, 2.24) is 29.4 Å². The lowest BCUT2D eigenvalue weighted by molar-refractivity contribution is 0.235. The predicted molar refractivity (Wildman–Crippen MR) is 384 cm³/mol. The van der Waals surface area contributed by atoms with Crippen molar-refractivity contribution in [2.45, 2.75) is 250 Å². The molecule has 1 unspecified atom stereocenters. The highest BCUT2D eigenvalue weighted by Crippen LogP contribution is 2.58. The summed E-state index contributed by atoms with van der Waals surface area (Å²) in [4.78, 5) is 15.0. The largest absolute Gasteiger partial charge is 0.309 e. The maximum atomic E-state index is 2.78. The van der Waals surface area contributed by atoms with E-state index in [0.717, 1.165) is 26.2 Å². The average Bonchev–Trinajstić information content (AvgIpc) is 1.60. The molecule has 488 valence electrons. The Bertz CT molecular complexity index is 2620. The highest BCUT2D eigenvalue weighted by Gasteiger charge is 2.47. The Balaban J connectivity index is 1.35. The van der Waals surface area contributed by atoms with Crippen molar-refractivity contribution in [2.75, 3.05) is 122 Å². The van der Waals surface area contributed by atoms with Crippen LogP contribution in [-0.4, -0.2) is 151 Å². The summed E-state index contributed by atoms with van der Waals surface area (Å²) in [6.45, 7) is 41.6. The summed E-state index contributed by atoms with van der Waals surface area (Å²) in [5.41, 5.74) is 17.9. The summed E-state index contributed by atoms with van der Waals surface area (Å²) >= 11 is 0. The SMILES string of the molecule is CCCCCCCCC1(C)c2cc(C(C)(C)C)ccc2-c2ccc(C(C)(C)C(C)(C)c3ccc4c(c3)C(CCCCCCN(CCCN(C)C)CCCN(C)C)(CCCCCCN(CCCN(C)C)CCCN(C)C)c3cc(C(C)(C)C)ccc3-4)cc21. The molecule has 0 radical (unpaired) electrons. The third-order valence-corrected chi connectivity index (χ3v) is 21.6. The Labute approximate surface area is 538 Å². The Morgan fingerprint density at radius 3 is 0.931 bits per heavy atom. The molecule has 4 aromatic carbocycles. The number of nitrogens with zero attached hydrogens (tertiary/aromatic N) is 6. The van der Waals surface area contributed by atoms with E-state index in [0.29, 0.717) is 0 Å². The van der Waals surface area contributed by atoms with Crippen LogP contribution in [0.5, 0.6) is 0 Å². The number of benzene rings is 4. The van der Waals surface area contributed by atoms with Gasteiger partial charge in [-0.15, -0.1) is 0 Å². The topological polar surface area (TPSA) is 19.4 Å². The Morgan fingerprint density at radius 1 is 0.299 bits per heavy atom. The van der Waals surface area contributed by atoms with Gasteiger partial charge in [-0.3, -0.25) is 0 Å². The lowest BCUT2D eigenvalue weighted by atomic mass is 9.59. The number of hydrogen-bond donors (Lipinski definition) is 0. The van der Waals surface area contributed by atoms with Crippen molar-refractivity contribution < 1.29 is 0 Å². The van der Waals surface area contributed by atoms with E-state index in [1.807, 2.05) is 0 Å². The number of hydrogen-bond acceptors (Lipinski definition) is 6. The van der Waals surface area contributed by atoms with Crippen LogP contribution in [0.15, 0.2) is 72.8 Å². The van der Waals surface area contributed by atoms with Gasteiger partial charge in [-0.25, -0.2) is 0 Å². The van der Waals surface area contributed by atoms with Gasteiger partial charge in [0.15, 0.2) is 0 Å². The second-order valence-electron chi connectivity index (χ2n) is 32.4. The zero-order valence-electron chi connectivity index (χ0n) is 60.5. The Morgan fingerprint density at radius 2 is 0.575 bits per heavy atom. The Kier molecular flexibility index (Phi) is 27.4. The quantitative estimate of drug-likeness (QED) is 0.0411. The maximum absolute atomic E-state index is 2.78. The summed E-state index contributed by atoms with van der Waals surface area (Å²) in [6.07, 6.45) is 26.9. The number of unbranched alkanes of at least 4 members (excludes halogenated alkanes) is 11. The zero-order chi connectivity index (χ0) is 63.8. The normalized spacial score (nSPS) is 15.9. The Hall–Kier alpha value is -3.36. The van der Waals surface area contributed by atoms with Gasteiger partial charge >= 0.3 is 0 Å². The van der Waals surface area contributed by atoms with E-state index in [1.165, 1.54) is 219 Å². The lowest BCUT2D eigenvalue weighted by Crippen LogP contribution is -2.41. The molecule has 6 heteroatoms. The van der Waals surface area contributed by atoms with E-state index in [1.54, 1.807) is 22.3 Å². The first kappa shape index (κ1) is 72.7. The van der Waals surface area contributed by atoms with Crippen LogP contribution in [-0.2, 0) is 32.5 Å². The second-order valence-corrected chi connectivity index (χ2v) is 32.4. The molecule has 0 N–H and O–H groups in total. The van der Waals surface area contributed by atoms with Crippen LogP contribution in [0.25, 0.3) is 22.3 Å². The van der Waals surface area contributed by atoms with Gasteiger partial charge in [-0.2, -0.15) is 0 Å². The molecule has 4 aromatic rings. The third kappa shape index (κ3) is 19.4. The standard InChI is InChI=1S/C81H134N6/c1-21-22-23-24-25-30-47-80(12)72-60-64(76(2,3)4)39-43-68(72)69-45-41-66(62-73(69)80)78(8,9)79(10,11)67-42-46-71-70-44-40-65(77(5,6)7)61-74(70)81(75(71)63-67,48-31-26-28-33-54-86(56-35-50-82(13)14)57-36-51-83(15)16)49-32-27-29-34-55-87(58-37-52-84(17)18)59-38-53-85(19)20/h39-46,60-63H,21-38,47-59H2,1-20H3. The van der Waals surface area contributed by atoms with E-state index in [2.05, 4.69) is 242 Å². The molecular formula is C81H134N6. The molecule has 0 aliphatic heterocycles. The summed E-state index contributed by atoms with van der Waals surface area (Å²) in [5.74, 6) is 0. The minimum Gasteiger partial charge on any atom is -0.309 e. The van der Waals surface area contributed by atoms with E-state index >= 15 is 0 Å². The van der Waals surface area contributed by atoms with Crippen molar-refractivity contribution in [1.29, 1.82) is 0 Å². The molecular weight excluding hydrogens is 1060 g/mol. The van der Waals surface area contributed by atoms with Crippen LogP contribution in [0.2, 0.25) is 0 Å². The van der Waals surface area contributed by atoms with Gasteiger partial charge < -0.3 is 29.4 Å². The first-order chi connectivity index (χ1) is 41.1. The van der Waals surface area contributed by atoms with Gasteiger partial charge in [0.05, 0.1) is 0 Å². The van der Waals surface area contributed by atoms with Gasteiger partial charge in [-0.05, 0) is 268 Å². The molecule has 0 saturated carbocycles. The van der Waals surface area contributed by atoms with E-state index < -0.39 is 0 Å². The predicted octanol–water partition coefficient (Wildman–Crippen LogP) is 19.2. The lowest BCUT2D eigenvalue weighted by Gasteiger charge is -2.44. The molecule has 0 bridgehead atoms. The van der Waals surface area contributed by atoms with Crippen molar-refractivity contribution >= 4 is 0 Å². The van der Waals surface area contributed by atoms with Gasteiger partial charge in [-0.1, -0.05) is 233 Å². The number of fused-ring (bicyclic) bond motifs is 6. The van der Waals surface area contributed by atoms with Crippen LogP contribution in [0.4, 0.5) is 0 Å². The molecule has 2 aliphatic carbocycles. The van der Waals surface area contributed by atoms with Crippen LogP contribution in [0.3, 0.4) is 0 Å². The van der Waals surface area contributed by atoms with Gasteiger partial charge in [0.1, 0.15) is 0 Å². The maximum Gasteiger partial charge on any atom is 0.0215 e. The minimum absolute atomic E-state index is 0.0216. The monoisotopic (exact) mass is 1190 g/mol. The van der Waals surface area contributed by atoms with Crippen molar-refractivity contribution in [2.24, 2.45) is 0 Å². The van der Waals surface area contributed by atoms with Gasteiger partial charge in [0, 0.05) is 10.8 Å². The summed E-state index contributed by atoms with van der Waals surface area (Å²) in [5, 5.41) is 0. The summed E-state index contributed by atoms with van der Waals surface area (Å²) < 4.78 is 0. The third-order valence-electron chi connectivity index (χ3n) is 21.6. The molecule has 6 nitrogen and oxygen atoms in total. The van der Waals surface area contributed by atoms with Crippen molar-refractivity contribution in [3.8, 4) is 22.3 Å². The molecule has 0 aromatic heterocycles. The highest BCUT2D eigenvalue weighted by molar-refractivity contribution is 5.83. The van der Waals surface area contributed by atoms with Gasteiger partial charge in [0.2, 0.25) is 0 Å². The first-order valence-electron chi connectivity index (χ1n) is 35.7. The smallest absolute Gasteiger partial charge is 0.0215 e. The molecule has 6 rings (SSSR count). The first-order valence-corrected chi connectivity index (χ1v) is 35.7. The molecule has 0 heterocycles. The summed E-state index contributed by atoms with van der Waals surface area (Å²) in [7, 11) is 17.7. The van der Waals surface area contributed by atoms with Crippen LogP contribution in [0, 0.1) is 0 Å². The van der Waals surface area contributed by atoms with Gasteiger partial charge in [0.25, 0.3) is 0 Å². The van der Waals surface area contributed by atoms with Crippen LogP contribution in [0.1, 0.15) is 262 Å². The molecule has 0 saturated heterocycles. The van der Waals surface area contributed by atoms with E-state index in [4.69, 9.17) is 0 Å². The molecule has 0 fully saturated rings. The van der Waals surface area contributed by atoms with E-state index in [9.17, 15) is 0 Å². The fourth-order valence-corrected chi connectivity index (χ4v) is 15.1. The molecule has 1 atom stereocenters. The van der Waals surface area contributed by atoms with Crippen LogP contribution < -0.4 is 0 Å². The van der Waals surface area contributed by atoms with E-state index in [-0.39, 0.29) is 32.5 Å². The minimum atomic E-state index is -0.163. The fraction of sp³-hybridized carbons (Fsp3) is 0.704.